The van der Waals surface area contributed by atoms with Gasteiger partial charge in [0.1, 0.15) is 6.10 Å². The molecule has 1 fully saturated rings. The molecule has 0 unspecified atom stereocenters. The average Bonchev–Trinajstić information content (AvgIpc) is 3.13. The number of hydrogen-bond donors (Lipinski definition) is 3. The van der Waals surface area contributed by atoms with E-state index in [1.807, 2.05) is 11.4 Å². The third-order valence-corrected chi connectivity index (χ3v) is 3.99. The van der Waals surface area contributed by atoms with Crippen LogP contribution < -0.4 is 16.4 Å². The smallest absolute Gasteiger partial charge is 0.261 e. The quantitative estimate of drug-likeness (QED) is 0.649. The first kappa shape index (κ1) is 15.0. The molecule has 2 atom stereocenters. The lowest BCUT2D eigenvalue weighted by molar-refractivity contribution is -0.131. The van der Waals surface area contributed by atoms with Gasteiger partial charge in [-0.1, -0.05) is 6.07 Å². The standard InChI is InChI=1S/C13H19N3O3S/c14-8-9-3-4-10(19-9)12(17)15-5-6-16-13(18)11-2-1-7-20-11/h1-2,7,9-10H,3-6,8,14H2,(H,15,17)(H,16,18)/t9-,10+/m1/s1. The topological polar surface area (TPSA) is 93.5 Å². The molecule has 20 heavy (non-hydrogen) atoms. The van der Waals surface area contributed by atoms with E-state index < -0.39 is 6.10 Å². The number of thiophene rings is 1. The van der Waals surface area contributed by atoms with Gasteiger partial charge in [0.25, 0.3) is 5.91 Å². The minimum atomic E-state index is -0.406. The first-order valence-electron chi connectivity index (χ1n) is 6.65. The van der Waals surface area contributed by atoms with Crippen LogP contribution in [0.15, 0.2) is 17.5 Å². The fraction of sp³-hybridized carbons (Fsp3) is 0.538. The molecule has 1 aromatic rings. The summed E-state index contributed by atoms with van der Waals surface area (Å²) in [6.07, 6.45) is 1.11. The monoisotopic (exact) mass is 297 g/mol. The Kier molecular flexibility index (Phi) is 5.51. The van der Waals surface area contributed by atoms with Crippen LogP contribution in [0.3, 0.4) is 0 Å². The molecule has 7 heteroatoms. The number of ether oxygens (including phenoxy) is 1. The second-order valence-electron chi connectivity index (χ2n) is 4.58. The van der Waals surface area contributed by atoms with Crippen LogP contribution in [0.4, 0.5) is 0 Å². The minimum Gasteiger partial charge on any atom is -0.364 e. The van der Waals surface area contributed by atoms with Crippen molar-refractivity contribution < 1.29 is 14.3 Å². The number of hydrogen-bond acceptors (Lipinski definition) is 5. The van der Waals surface area contributed by atoms with Gasteiger partial charge in [-0.05, 0) is 24.3 Å². The molecule has 0 spiro atoms. The van der Waals surface area contributed by atoms with E-state index in [0.29, 0.717) is 30.9 Å². The molecule has 0 saturated carbocycles. The highest BCUT2D eigenvalue weighted by atomic mass is 32.1. The normalized spacial score (nSPS) is 21.6. The van der Waals surface area contributed by atoms with E-state index in [1.165, 1.54) is 11.3 Å². The summed E-state index contributed by atoms with van der Waals surface area (Å²) in [5, 5.41) is 7.35. The zero-order valence-corrected chi connectivity index (χ0v) is 11.9. The van der Waals surface area contributed by atoms with Gasteiger partial charge in [0.05, 0.1) is 11.0 Å². The summed E-state index contributed by atoms with van der Waals surface area (Å²) in [7, 11) is 0. The van der Waals surface area contributed by atoms with Crippen LogP contribution in [-0.4, -0.2) is 43.7 Å². The number of nitrogens with two attached hydrogens (primary N) is 1. The van der Waals surface area contributed by atoms with E-state index in [-0.39, 0.29) is 17.9 Å². The molecule has 0 aromatic carbocycles. The van der Waals surface area contributed by atoms with Gasteiger partial charge in [-0.25, -0.2) is 0 Å². The summed E-state index contributed by atoms with van der Waals surface area (Å²) in [6, 6.07) is 3.59. The van der Waals surface area contributed by atoms with Gasteiger partial charge < -0.3 is 21.1 Å². The van der Waals surface area contributed by atoms with Crippen LogP contribution in [0.5, 0.6) is 0 Å². The van der Waals surface area contributed by atoms with Crippen molar-refractivity contribution in [2.75, 3.05) is 19.6 Å². The zero-order chi connectivity index (χ0) is 14.4. The number of rotatable bonds is 6. The largest absolute Gasteiger partial charge is 0.364 e. The molecule has 1 aromatic heterocycles. The van der Waals surface area contributed by atoms with Gasteiger partial charge in [0, 0.05) is 19.6 Å². The van der Waals surface area contributed by atoms with E-state index in [1.54, 1.807) is 6.07 Å². The SMILES string of the molecule is NC[C@H]1CC[C@@H](C(=O)NCCNC(=O)c2cccs2)O1. The average molecular weight is 297 g/mol. The fourth-order valence-corrected chi connectivity index (χ4v) is 2.68. The maximum Gasteiger partial charge on any atom is 0.261 e. The van der Waals surface area contributed by atoms with E-state index in [4.69, 9.17) is 10.5 Å². The summed E-state index contributed by atoms with van der Waals surface area (Å²) in [6.45, 7) is 1.24. The van der Waals surface area contributed by atoms with Crippen LogP contribution in [0, 0.1) is 0 Å². The lowest BCUT2D eigenvalue weighted by atomic mass is 10.2. The fourth-order valence-electron chi connectivity index (χ4n) is 2.04. The Morgan fingerprint density at radius 1 is 1.35 bits per heavy atom. The van der Waals surface area contributed by atoms with Crippen molar-refractivity contribution in [3.05, 3.63) is 22.4 Å². The van der Waals surface area contributed by atoms with Gasteiger partial charge in [-0.15, -0.1) is 11.3 Å². The van der Waals surface area contributed by atoms with Gasteiger partial charge in [-0.2, -0.15) is 0 Å². The highest BCUT2D eigenvalue weighted by Crippen LogP contribution is 2.18. The Morgan fingerprint density at radius 3 is 2.80 bits per heavy atom. The number of nitrogens with one attached hydrogen (secondary N) is 2. The highest BCUT2D eigenvalue weighted by molar-refractivity contribution is 7.12. The minimum absolute atomic E-state index is 0.00992. The molecular formula is C13H19N3O3S. The molecule has 6 nitrogen and oxygen atoms in total. The third-order valence-electron chi connectivity index (χ3n) is 3.12. The first-order valence-corrected chi connectivity index (χ1v) is 7.53. The lowest BCUT2D eigenvalue weighted by Gasteiger charge is -2.12. The Labute approximate surface area is 121 Å². The van der Waals surface area contributed by atoms with Gasteiger partial charge in [-0.3, -0.25) is 9.59 Å². The van der Waals surface area contributed by atoms with Crippen LogP contribution in [0.2, 0.25) is 0 Å². The molecule has 1 aliphatic heterocycles. The molecule has 110 valence electrons. The molecule has 1 aliphatic rings. The van der Waals surface area contributed by atoms with Crippen molar-refractivity contribution in [2.45, 2.75) is 25.0 Å². The Hall–Kier alpha value is -1.44. The number of carbonyl (C=O) groups is 2. The molecule has 2 heterocycles. The van der Waals surface area contributed by atoms with Crippen molar-refractivity contribution in [1.29, 1.82) is 0 Å². The molecule has 0 radical (unpaired) electrons. The summed E-state index contributed by atoms with van der Waals surface area (Å²) in [4.78, 5) is 24.1. The Bertz CT molecular complexity index is 450. The second kappa shape index (κ2) is 7.37. The molecular weight excluding hydrogens is 278 g/mol. The summed E-state index contributed by atoms with van der Waals surface area (Å²) in [5.41, 5.74) is 5.49. The van der Waals surface area contributed by atoms with Crippen LogP contribution in [0.1, 0.15) is 22.5 Å². The van der Waals surface area contributed by atoms with E-state index >= 15 is 0 Å². The molecule has 1 saturated heterocycles. The molecule has 2 rings (SSSR count). The van der Waals surface area contributed by atoms with E-state index in [2.05, 4.69) is 10.6 Å². The van der Waals surface area contributed by atoms with Gasteiger partial charge in [0.2, 0.25) is 5.91 Å². The van der Waals surface area contributed by atoms with Crippen molar-refractivity contribution in [3.63, 3.8) is 0 Å². The lowest BCUT2D eigenvalue weighted by Crippen LogP contribution is -2.40. The van der Waals surface area contributed by atoms with Crippen LogP contribution >= 0.6 is 11.3 Å². The molecule has 2 amide bonds. The van der Waals surface area contributed by atoms with Crippen molar-refractivity contribution in [2.24, 2.45) is 5.73 Å². The first-order chi connectivity index (χ1) is 9.70. The molecule has 4 N–H and O–H groups in total. The number of carbonyl (C=O) groups excluding carboxylic acids is 2. The highest BCUT2D eigenvalue weighted by Gasteiger charge is 2.29. The summed E-state index contributed by atoms with van der Waals surface area (Å²) in [5.74, 6) is -0.249. The molecule has 0 bridgehead atoms. The predicted octanol–water partition coefficient (Wildman–Crippen LogP) is 0.100. The maximum atomic E-state index is 11.8. The summed E-state index contributed by atoms with van der Waals surface area (Å²) < 4.78 is 5.49. The second-order valence-corrected chi connectivity index (χ2v) is 5.53. The van der Waals surface area contributed by atoms with Crippen LogP contribution in [-0.2, 0) is 9.53 Å². The summed E-state index contributed by atoms with van der Waals surface area (Å²) >= 11 is 1.39. The van der Waals surface area contributed by atoms with Gasteiger partial charge in [0.15, 0.2) is 0 Å². The van der Waals surface area contributed by atoms with E-state index in [9.17, 15) is 9.59 Å². The van der Waals surface area contributed by atoms with Crippen LogP contribution in [0.25, 0.3) is 0 Å². The molecule has 0 aliphatic carbocycles. The van der Waals surface area contributed by atoms with Crippen molar-refractivity contribution >= 4 is 23.2 Å². The Balaban J connectivity index is 1.61. The number of amides is 2. The third kappa shape index (κ3) is 4.03. The van der Waals surface area contributed by atoms with Crippen molar-refractivity contribution in [1.82, 2.24) is 10.6 Å². The zero-order valence-electron chi connectivity index (χ0n) is 11.1. The Morgan fingerprint density at radius 2 is 2.15 bits per heavy atom. The van der Waals surface area contributed by atoms with Crippen molar-refractivity contribution in [3.8, 4) is 0 Å². The van der Waals surface area contributed by atoms with Gasteiger partial charge >= 0.3 is 0 Å². The maximum absolute atomic E-state index is 11.8. The van der Waals surface area contributed by atoms with E-state index in [0.717, 1.165) is 6.42 Å². The predicted molar refractivity (Wildman–Crippen MR) is 76.6 cm³/mol.